The fourth-order valence-corrected chi connectivity index (χ4v) is 3.22. The van der Waals surface area contributed by atoms with Gasteiger partial charge < -0.3 is 24.2 Å². The molecule has 0 bridgehead atoms. The Morgan fingerprint density at radius 2 is 1.93 bits per heavy atom. The van der Waals surface area contributed by atoms with Crippen LogP contribution in [0.25, 0.3) is 0 Å². The van der Waals surface area contributed by atoms with Gasteiger partial charge >= 0.3 is 12.1 Å². The largest absolute Gasteiger partial charge is 0.490 e. The average molecular weight is 434 g/mol. The van der Waals surface area contributed by atoms with Gasteiger partial charge in [-0.2, -0.15) is 13.2 Å². The maximum Gasteiger partial charge on any atom is 0.490 e. The van der Waals surface area contributed by atoms with Crippen LogP contribution in [0.3, 0.4) is 0 Å². The van der Waals surface area contributed by atoms with E-state index in [4.69, 9.17) is 24.1 Å². The molecule has 1 amide bonds. The molecule has 1 aromatic heterocycles. The Hall–Kier alpha value is -2.24. The van der Waals surface area contributed by atoms with Gasteiger partial charge in [-0.15, -0.1) is 0 Å². The van der Waals surface area contributed by atoms with Crippen LogP contribution >= 0.6 is 0 Å². The van der Waals surface area contributed by atoms with Crippen LogP contribution < -0.4 is 0 Å². The van der Waals surface area contributed by atoms with Gasteiger partial charge in [-0.3, -0.25) is 9.78 Å². The molecule has 8 nitrogen and oxygen atoms in total. The molecule has 3 rings (SSSR count). The summed E-state index contributed by atoms with van der Waals surface area (Å²) in [5, 5.41) is 7.12. The summed E-state index contributed by atoms with van der Waals surface area (Å²) in [6, 6.07) is 3.91. The Bertz CT molecular complexity index is 695. The Morgan fingerprint density at radius 3 is 2.50 bits per heavy atom. The molecule has 2 saturated heterocycles. The zero-order valence-corrected chi connectivity index (χ0v) is 16.6. The fraction of sp³-hybridized carbons (Fsp3) is 0.632. The number of halogens is 3. The summed E-state index contributed by atoms with van der Waals surface area (Å²) in [5.74, 6) is -2.36. The van der Waals surface area contributed by atoms with Crippen LogP contribution in [-0.4, -0.2) is 78.2 Å². The van der Waals surface area contributed by atoms with Crippen molar-refractivity contribution in [2.45, 2.75) is 31.7 Å². The number of alkyl halides is 3. The standard InChI is InChI=1S/C17H24N2O4.C2HF3O2/c1-2-21-11-16(20)19-12-17(13-19)15(5-8-23-17)10-22-9-14-3-6-18-7-4-14;3-2(4,5)1(6)7/h3-4,6-7,15H,2,5,8-13H2,1H3;(H,6,7). The van der Waals surface area contributed by atoms with Crippen LogP contribution in [0, 0.1) is 5.92 Å². The SMILES string of the molecule is CCOCC(=O)N1CC2(C1)OCCC2COCc1ccncc1.O=C(O)C(F)(F)F. The van der Waals surface area contributed by atoms with E-state index in [1.165, 1.54) is 0 Å². The van der Waals surface area contributed by atoms with Crippen LogP contribution in [-0.2, 0) is 30.4 Å². The van der Waals surface area contributed by atoms with Crippen LogP contribution in [0.5, 0.6) is 0 Å². The topological polar surface area (TPSA) is 98.2 Å². The van der Waals surface area contributed by atoms with E-state index in [0.717, 1.165) is 18.6 Å². The van der Waals surface area contributed by atoms with Crippen molar-refractivity contribution in [1.82, 2.24) is 9.88 Å². The molecular formula is C19H25F3N2O6. The molecule has 0 saturated carbocycles. The molecule has 2 aliphatic heterocycles. The molecule has 1 spiro atoms. The number of nitrogens with zero attached hydrogens (tertiary/aromatic N) is 2. The third-order valence-corrected chi connectivity index (χ3v) is 4.88. The molecule has 1 N–H and O–H groups in total. The van der Waals surface area contributed by atoms with Gasteiger partial charge in [0.1, 0.15) is 12.2 Å². The second kappa shape index (κ2) is 10.7. The van der Waals surface area contributed by atoms with E-state index in [1.54, 1.807) is 12.4 Å². The van der Waals surface area contributed by atoms with Crippen molar-refractivity contribution in [3.63, 3.8) is 0 Å². The number of rotatable bonds is 7. The highest BCUT2D eigenvalue weighted by Crippen LogP contribution is 2.40. The molecule has 11 heteroatoms. The summed E-state index contributed by atoms with van der Waals surface area (Å²) in [7, 11) is 0. The van der Waals surface area contributed by atoms with E-state index in [9.17, 15) is 18.0 Å². The minimum atomic E-state index is -5.08. The molecule has 2 fully saturated rings. The van der Waals surface area contributed by atoms with Gasteiger partial charge in [0, 0.05) is 31.5 Å². The molecule has 1 unspecified atom stereocenters. The van der Waals surface area contributed by atoms with E-state index in [-0.39, 0.29) is 18.1 Å². The van der Waals surface area contributed by atoms with Gasteiger partial charge in [0.25, 0.3) is 0 Å². The maximum atomic E-state index is 11.9. The predicted molar refractivity (Wildman–Crippen MR) is 97.4 cm³/mol. The molecule has 30 heavy (non-hydrogen) atoms. The molecule has 0 aliphatic carbocycles. The summed E-state index contributed by atoms with van der Waals surface area (Å²) in [4.78, 5) is 26.6. The lowest BCUT2D eigenvalue weighted by Crippen LogP contribution is -2.67. The number of aliphatic carboxylic acids is 1. The molecule has 2 aliphatic rings. The zero-order chi connectivity index (χ0) is 22.2. The lowest BCUT2D eigenvalue weighted by atomic mass is 9.81. The molecule has 0 radical (unpaired) electrons. The van der Waals surface area contributed by atoms with Crippen molar-refractivity contribution >= 4 is 11.9 Å². The first-order valence-corrected chi connectivity index (χ1v) is 9.44. The van der Waals surface area contributed by atoms with Crippen molar-refractivity contribution in [1.29, 1.82) is 0 Å². The summed E-state index contributed by atoms with van der Waals surface area (Å²) >= 11 is 0. The number of carboxylic acids is 1. The van der Waals surface area contributed by atoms with Crippen molar-refractivity contribution in [2.75, 3.05) is 39.5 Å². The highest BCUT2D eigenvalue weighted by Gasteiger charge is 2.54. The molecule has 0 aromatic carbocycles. The number of amides is 1. The molecule has 1 aromatic rings. The summed E-state index contributed by atoms with van der Waals surface area (Å²) in [6.07, 6.45) is -0.552. The molecule has 3 heterocycles. The van der Waals surface area contributed by atoms with Gasteiger partial charge in [0.15, 0.2) is 0 Å². The van der Waals surface area contributed by atoms with Crippen molar-refractivity contribution in [3.05, 3.63) is 30.1 Å². The second-order valence-electron chi connectivity index (χ2n) is 6.96. The number of likely N-dealkylation sites (tertiary alicyclic amines) is 1. The van der Waals surface area contributed by atoms with Crippen molar-refractivity contribution < 1.29 is 42.1 Å². The minimum Gasteiger partial charge on any atom is -0.475 e. The zero-order valence-electron chi connectivity index (χ0n) is 16.6. The smallest absolute Gasteiger partial charge is 0.475 e. The lowest BCUT2D eigenvalue weighted by Gasteiger charge is -2.50. The van der Waals surface area contributed by atoms with Crippen molar-refractivity contribution in [3.8, 4) is 0 Å². The van der Waals surface area contributed by atoms with E-state index >= 15 is 0 Å². The number of ether oxygens (including phenoxy) is 3. The first kappa shape index (κ1) is 24.0. The lowest BCUT2D eigenvalue weighted by molar-refractivity contribution is -0.192. The molecular weight excluding hydrogens is 409 g/mol. The minimum absolute atomic E-state index is 0.0458. The Kier molecular flexibility index (Phi) is 8.56. The van der Waals surface area contributed by atoms with Gasteiger partial charge in [-0.25, -0.2) is 4.79 Å². The van der Waals surface area contributed by atoms with Crippen LogP contribution in [0.15, 0.2) is 24.5 Å². The van der Waals surface area contributed by atoms with E-state index in [2.05, 4.69) is 4.98 Å². The first-order chi connectivity index (χ1) is 14.2. The quantitative estimate of drug-likeness (QED) is 0.700. The fourth-order valence-electron chi connectivity index (χ4n) is 3.22. The van der Waals surface area contributed by atoms with Gasteiger partial charge in [0.05, 0.1) is 26.3 Å². The van der Waals surface area contributed by atoms with Gasteiger partial charge in [0.2, 0.25) is 5.91 Å². The number of pyridine rings is 1. The van der Waals surface area contributed by atoms with Gasteiger partial charge in [-0.1, -0.05) is 0 Å². The number of hydrogen-bond acceptors (Lipinski definition) is 6. The maximum absolute atomic E-state index is 11.9. The van der Waals surface area contributed by atoms with E-state index < -0.39 is 12.1 Å². The molecule has 1 atom stereocenters. The highest BCUT2D eigenvalue weighted by atomic mass is 19.4. The van der Waals surface area contributed by atoms with Crippen LogP contribution in [0.4, 0.5) is 13.2 Å². The van der Waals surface area contributed by atoms with Crippen molar-refractivity contribution in [2.24, 2.45) is 5.92 Å². The van der Waals surface area contributed by atoms with E-state index in [1.807, 2.05) is 24.0 Å². The Balaban J connectivity index is 0.000000396. The first-order valence-electron chi connectivity index (χ1n) is 9.44. The Labute approximate surface area is 171 Å². The summed E-state index contributed by atoms with van der Waals surface area (Å²) in [5.41, 5.74) is 0.912. The number of carbonyl (C=O) groups is 2. The van der Waals surface area contributed by atoms with E-state index in [0.29, 0.717) is 38.8 Å². The highest BCUT2D eigenvalue weighted by molar-refractivity contribution is 5.78. The summed E-state index contributed by atoms with van der Waals surface area (Å²) < 4.78 is 48.7. The number of carbonyl (C=O) groups excluding carboxylic acids is 1. The third-order valence-electron chi connectivity index (χ3n) is 4.88. The Morgan fingerprint density at radius 1 is 1.30 bits per heavy atom. The summed E-state index contributed by atoms with van der Waals surface area (Å²) in [6.45, 7) is 5.92. The predicted octanol–water partition coefficient (Wildman–Crippen LogP) is 1.89. The van der Waals surface area contributed by atoms with Crippen LogP contribution in [0.1, 0.15) is 18.9 Å². The number of carboxylic acid groups (broad SMARTS) is 1. The van der Waals surface area contributed by atoms with Crippen LogP contribution in [0.2, 0.25) is 0 Å². The normalized spacial score (nSPS) is 19.7. The molecule has 168 valence electrons. The van der Waals surface area contributed by atoms with Gasteiger partial charge in [-0.05, 0) is 31.0 Å². The monoisotopic (exact) mass is 434 g/mol. The third kappa shape index (κ3) is 6.64. The number of aromatic nitrogens is 1. The second-order valence-corrected chi connectivity index (χ2v) is 6.96. The average Bonchev–Trinajstić information content (AvgIpc) is 3.09. The number of hydrogen-bond donors (Lipinski definition) is 1.